The molecule has 2 aromatic rings. The van der Waals surface area contributed by atoms with Gasteiger partial charge in [-0.15, -0.1) is 0 Å². The van der Waals surface area contributed by atoms with Crippen molar-refractivity contribution in [3.05, 3.63) is 64.7 Å². The fraction of sp³-hybridized carbons (Fsp3) is 0.188. The van der Waals surface area contributed by atoms with Crippen LogP contribution in [-0.4, -0.2) is 19.5 Å². The van der Waals surface area contributed by atoms with E-state index in [0.717, 1.165) is 4.90 Å². The summed E-state index contributed by atoms with van der Waals surface area (Å²) >= 11 is 5.65. The second kappa shape index (κ2) is 7.33. The molecule has 2 rings (SSSR count). The summed E-state index contributed by atoms with van der Waals surface area (Å²) in [5, 5.41) is 2.59. The third kappa shape index (κ3) is 4.51. The van der Waals surface area contributed by atoms with Gasteiger partial charge in [0, 0.05) is 11.3 Å². The summed E-state index contributed by atoms with van der Waals surface area (Å²) in [6.07, 6.45) is 0. The molecule has 22 heavy (non-hydrogen) atoms. The van der Waals surface area contributed by atoms with Crippen molar-refractivity contribution in [1.82, 2.24) is 0 Å². The zero-order valence-electron chi connectivity index (χ0n) is 12.0. The summed E-state index contributed by atoms with van der Waals surface area (Å²) < 4.78 is 26.6. The van der Waals surface area contributed by atoms with Gasteiger partial charge in [0.25, 0.3) is 5.91 Å². The molecule has 0 bridgehead atoms. The number of hydrogen-bond acceptors (Lipinski definition) is 1. The Morgan fingerprint density at radius 2 is 1.91 bits per heavy atom. The predicted octanol–water partition coefficient (Wildman–Crippen LogP) is 2.27. The average Bonchev–Trinajstić information content (AvgIpc) is 2.45. The van der Waals surface area contributed by atoms with E-state index in [4.69, 9.17) is 11.6 Å². The normalized spacial score (nSPS) is 12.0. The van der Waals surface area contributed by atoms with Crippen LogP contribution in [0.4, 0.5) is 14.5 Å². The summed E-state index contributed by atoms with van der Waals surface area (Å²) in [7, 11) is 1.80. The van der Waals surface area contributed by atoms with E-state index in [2.05, 4.69) is 5.32 Å². The number of benzene rings is 2. The van der Waals surface area contributed by atoms with Gasteiger partial charge in [0.1, 0.15) is 18.2 Å². The maximum Gasteiger partial charge on any atom is 0.279 e. The first-order valence-electron chi connectivity index (χ1n) is 6.75. The van der Waals surface area contributed by atoms with Gasteiger partial charge in [-0.3, -0.25) is 4.79 Å². The van der Waals surface area contributed by atoms with Crippen LogP contribution in [-0.2, 0) is 11.3 Å². The van der Waals surface area contributed by atoms with Crippen LogP contribution in [0.2, 0.25) is 5.02 Å². The second-order valence-corrected chi connectivity index (χ2v) is 5.49. The Morgan fingerprint density at radius 3 is 2.59 bits per heavy atom. The number of rotatable bonds is 5. The molecule has 1 amide bonds. The first kappa shape index (κ1) is 16.4. The third-order valence-corrected chi connectivity index (χ3v) is 3.41. The summed E-state index contributed by atoms with van der Waals surface area (Å²) in [5.41, 5.74) is 0.979. The summed E-state index contributed by atoms with van der Waals surface area (Å²) in [4.78, 5) is 12.8. The fourth-order valence-electron chi connectivity index (χ4n) is 2.08. The number of likely N-dealkylation sites (N-methyl/N-ethyl adjacent to an activating group) is 1. The van der Waals surface area contributed by atoms with E-state index in [0.29, 0.717) is 17.8 Å². The minimum atomic E-state index is -0.540. The Balaban J connectivity index is 1.91. The van der Waals surface area contributed by atoms with E-state index >= 15 is 0 Å². The maximum absolute atomic E-state index is 13.6. The van der Waals surface area contributed by atoms with Crippen LogP contribution < -0.4 is 10.2 Å². The van der Waals surface area contributed by atoms with Gasteiger partial charge in [-0.25, -0.2) is 8.78 Å². The lowest BCUT2D eigenvalue weighted by molar-refractivity contribution is -0.885. The molecule has 0 aliphatic rings. The van der Waals surface area contributed by atoms with E-state index in [9.17, 15) is 13.6 Å². The van der Waals surface area contributed by atoms with Crippen LogP contribution in [0, 0.1) is 11.6 Å². The topological polar surface area (TPSA) is 33.5 Å². The smallest absolute Gasteiger partial charge is 0.279 e. The molecule has 0 fully saturated rings. The van der Waals surface area contributed by atoms with Gasteiger partial charge in [-0.2, -0.15) is 0 Å². The van der Waals surface area contributed by atoms with Gasteiger partial charge in [-0.05, 0) is 24.3 Å². The minimum Gasteiger partial charge on any atom is -0.326 e. The zero-order chi connectivity index (χ0) is 16.1. The van der Waals surface area contributed by atoms with Crippen molar-refractivity contribution in [3.8, 4) is 0 Å². The molecule has 2 N–H and O–H groups in total. The van der Waals surface area contributed by atoms with Gasteiger partial charge in [0.2, 0.25) is 0 Å². The van der Waals surface area contributed by atoms with E-state index in [1.807, 2.05) is 0 Å². The number of nitrogens with one attached hydrogen (secondary N) is 2. The Labute approximate surface area is 132 Å². The van der Waals surface area contributed by atoms with Gasteiger partial charge in [-0.1, -0.05) is 29.8 Å². The molecule has 0 aliphatic heterocycles. The van der Waals surface area contributed by atoms with Crippen LogP contribution in [0.1, 0.15) is 5.56 Å². The quantitative estimate of drug-likeness (QED) is 0.869. The largest absolute Gasteiger partial charge is 0.326 e. The van der Waals surface area contributed by atoms with E-state index in [1.165, 1.54) is 24.3 Å². The van der Waals surface area contributed by atoms with Crippen molar-refractivity contribution in [2.24, 2.45) is 0 Å². The van der Waals surface area contributed by atoms with Gasteiger partial charge < -0.3 is 10.2 Å². The molecule has 2 aromatic carbocycles. The number of carbonyl (C=O) groups excluding carboxylic acids is 1. The molecule has 3 nitrogen and oxygen atoms in total. The lowest BCUT2D eigenvalue weighted by Crippen LogP contribution is -3.08. The van der Waals surface area contributed by atoms with Crippen molar-refractivity contribution in [3.63, 3.8) is 0 Å². The number of amides is 1. The number of anilines is 1. The van der Waals surface area contributed by atoms with Crippen LogP contribution in [0.3, 0.4) is 0 Å². The number of carbonyl (C=O) groups is 1. The van der Waals surface area contributed by atoms with Crippen molar-refractivity contribution in [2.45, 2.75) is 6.54 Å². The summed E-state index contributed by atoms with van der Waals surface area (Å²) in [6, 6.07) is 10.4. The van der Waals surface area contributed by atoms with E-state index in [1.54, 1.807) is 25.2 Å². The lowest BCUT2D eigenvalue weighted by atomic mass is 10.2. The lowest BCUT2D eigenvalue weighted by Gasteiger charge is -2.14. The Kier molecular flexibility index (Phi) is 5.46. The van der Waals surface area contributed by atoms with Gasteiger partial charge >= 0.3 is 0 Å². The van der Waals surface area contributed by atoms with Crippen molar-refractivity contribution >= 4 is 23.2 Å². The molecular formula is C16H16ClF2N2O+. The van der Waals surface area contributed by atoms with Crippen LogP contribution in [0.5, 0.6) is 0 Å². The number of quaternary nitrogens is 1. The molecule has 6 heteroatoms. The Bertz CT molecular complexity index is 679. The van der Waals surface area contributed by atoms with Crippen LogP contribution in [0.15, 0.2) is 42.5 Å². The second-order valence-electron chi connectivity index (χ2n) is 5.08. The van der Waals surface area contributed by atoms with Gasteiger partial charge in [0.15, 0.2) is 6.54 Å². The van der Waals surface area contributed by atoms with E-state index in [-0.39, 0.29) is 23.3 Å². The molecule has 0 radical (unpaired) electrons. The molecule has 0 aromatic heterocycles. The number of halogens is 3. The SMILES string of the molecule is C[NH+](CC(=O)Nc1ccc(F)c(Cl)c1)Cc1ccccc1F. The Morgan fingerprint density at radius 1 is 1.18 bits per heavy atom. The highest BCUT2D eigenvalue weighted by molar-refractivity contribution is 6.31. The fourth-order valence-corrected chi connectivity index (χ4v) is 2.26. The number of hydrogen-bond donors (Lipinski definition) is 2. The standard InChI is InChI=1S/C16H15ClF2N2O/c1-21(9-11-4-2-3-5-14(11)18)10-16(22)20-12-6-7-15(19)13(17)8-12/h2-8H,9-10H2,1H3,(H,20,22)/p+1. The van der Waals surface area contributed by atoms with Crippen LogP contribution in [0.25, 0.3) is 0 Å². The molecule has 0 saturated carbocycles. The van der Waals surface area contributed by atoms with E-state index < -0.39 is 5.82 Å². The summed E-state index contributed by atoms with van der Waals surface area (Å²) in [5.74, 6) is -1.08. The molecule has 1 atom stereocenters. The molecule has 0 aliphatic carbocycles. The van der Waals surface area contributed by atoms with Crippen molar-refractivity contribution < 1.29 is 18.5 Å². The highest BCUT2D eigenvalue weighted by atomic mass is 35.5. The molecular weight excluding hydrogens is 310 g/mol. The highest BCUT2D eigenvalue weighted by Crippen LogP contribution is 2.19. The highest BCUT2D eigenvalue weighted by Gasteiger charge is 2.13. The third-order valence-electron chi connectivity index (χ3n) is 3.12. The van der Waals surface area contributed by atoms with Gasteiger partial charge in [0.05, 0.1) is 12.1 Å². The summed E-state index contributed by atoms with van der Waals surface area (Å²) in [6.45, 7) is 0.549. The van der Waals surface area contributed by atoms with Crippen molar-refractivity contribution in [1.29, 1.82) is 0 Å². The average molecular weight is 326 g/mol. The molecule has 0 saturated heterocycles. The molecule has 116 valence electrons. The Hall–Kier alpha value is -1.98. The van der Waals surface area contributed by atoms with Crippen molar-refractivity contribution in [2.75, 3.05) is 18.9 Å². The minimum absolute atomic E-state index is 0.0511. The predicted molar refractivity (Wildman–Crippen MR) is 81.9 cm³/mol. The monoisotopic (exact) mass is 325 g/mol. The first-order valence-corrected chi connectivity index (χ1v) is 7.13. The zero-order valence-corrected chi connectivity index (χ0v) is 12.8. The maximum atomic E-state index is 13.6. The molecule has 0 heterocycles. The molecule has 0 spiro atoms. The first-order chi connectivity index (χ1) is 10.5. The van der Waals surface area contributed by atoms with Crippen LogP contribution >= 0.6 is 11.6 Å². The molecule has 1 unspecified atom stereocenters.